The van der Waals surface area contributed by atoms with E-state index in [1.807, 2.05) is 5.32 Å². The summed E-state index contributed by atoms with van der Waals surface area (Å²) in [5.41, 5.74) is 0.0603. The number of hydrogen-bond acceptors (Lipinski definition) is 4. The molecule has 0 aliphatic carbocycles. The van der Waals surface area contributed by atoms with Crippen molar-refractivity contribution in [3.63, 3.8) is 0 Å². The summed E-state index contributed by atoms with van der Waals surface area (Å²) in [4.78, 5) is 27.2. The van der Waals surface area contributed by atoms with Gasteiger partial charge in [0.25, 0.3) is 5.91 Å². The molecule has 2 N–H and O–H groups in total. The van der Waals surface area contributed by atoms with E-state index in [0.29, 0.717) is 0 Å². The fourth-order valence-corrected chi connectivity index (χ4v) is 2.22. The minimum atomic E-state index is -2.91. The lowest BCUT2D eigenvalue weighted by atomic mass is 10.2. The highest BCUT2D eigenvalue weighted by Gasteiger charge is 2.27. The molecule has 0 aliphatic rings. The lowest BCUT2D eigenvalue weighted by molar-refractivity contribution is -0.140. The summed E-state index contributed by atoms with van der Waals surface area (Å²) >= 11 is 0. The van der Waals surface area contributed by atoms with Crippen LogP contribution in [0.2, 0.25) is 0 Å². The zero-order chi connectivity index (χ0) is 19.4. The SMILES string of the molecule is CC(C)c1nc(C(=O)NC(CC(F)F)C(=O)O)nn1-c1ccccc1F. The highest BCUT2D eigenvalue weighted by molar-refractivity contribution is 5.93. The van der Waals surface area contributed by atoms with E-state index in [-0.39, 0.29) is 17.4 Å². The molecule has 1 heterocycles. The van der Waals surface area contributed by atoms with E-state index in [9.17, 15) is 22.8 Å². The van der Waals surface area contributed by atoms with Gasteiger partial charge in [-0.05, 0) is 12.1 Å². The van der Waals surface area contributed by atoms with Crippen molar-refractivity contribution in [1.29, 1.82) is 0 Å². The van der Waals surface area contributed by atoms with Crippen molar-refractivity contribution < 1.29 is 27.9 Å². The van der Waals surface area contributed by atoms with Crippen LogP contribution in [-0.4, -0.2) is 44.2 Å². The van der Waals surface area contributed by atoms with E-state index in [4.69, 9.17) is 5.11 Å². The predicted octanol–water partition coefficient (Wildman–Crippen LogP) is 2.37. The standard InChI is InChI=1S/C16H17F3N4O3/c1-8(2)14-21-13(15(24)20-10(16(25)26)7-12(18)19)22-23(14)11-6-4-3-5-9(11)17/h3-6,8,10,12H,7H2,1-2H3,(H,20,24)(H,25,26). The Hall–Kier alpha value is -2.91. The maximum atomic E-state index is 14.0. The molecule has 2 rings (SSSR count). The van der Waals surface area contributed by atoms with E-state index in [1.54, 1.807) is 19.9 Å². The number of alkyl halides is 2. The third-order valence-electron chi connectivity index (χ3n) is 3.45. The number of hydrogen-bond donors (Lipinski definition) is 2. The zero-order valence-corrected chi connectivity index (χ0v) is 14.0. The normalized spacial score (nSPS) is 12.4. The molecule has 2 aromatic rings. The van der Waals surface area contributed by atoms with E-state index in [0.717, 1.165) is 4.68 Å². The van der Waals surface area contributed by atoms with Crippen molar-refractivity contribution >= 4 is 11.9 Å². The highest BCUT2D eigenvalue weighted by Crippen LogP contribution is 2.19. The second kappa shape index (κ2) is 7.98. The number of rotatable bonds is 7. The van der Waals surface area contributed by atoms with Gasteiger partial charge in [0, 0.05) is 12.3 Å². The van der Waals surface area contributed by atoms with Gasteiger partial charge in [-0.3, -0.25) is 4.79 Å². The lowest BCUT2D eigenvalue weighted by Crippen LogP contribution is -2.42. The van der Waals surface area contributed by atoms with Crippen LogP contribution in [0.3, 0.4) is 0 Å². The molecular weight excluding hydrogens is 353 g/mol. The Labute approximate surface area is 146 Å². The molecule has 10 heteroatoms. The molecule has 0 aliphatic heterocycles. The van der Waals surface area contributed by atoms with Gasteiger partial charge in [-0.25, -0.2) is 27.6 Å². The van der Waals surface area contributed by atoms with Gasteiger partial charge in [-0.2, -0.15) is 0 Å². The van der Waals surface area contributed by atoms with Gasteiger partial charge in [0.2, 0.25) is 12.2 Å². The van der Waals surface area contributed by atoms with Gasteiger partial charge in [-0.1, -0.05) is 26.0 Å². The fourth-order valence-electron chi connectivity index (χ4n) is 2.22. The smallest absolute Gasteiger partial charge is 0.326 e. The molecule has 1 amide bonds. The third-order valence-corrected chi connectivity index (χ3v) is 3.45. The van der Waals surface area contributed by atoms with Gasteiger partial charge in [0.1, 0.15) is 23.4 Å². The molecule has 26 heavy (non-hydrogen) atoms. The molecule has 0 radical (unpaired) electrons. The van der Waals surface area contributed by atoms with Crippen molar-refractivity contribution in [1.82, 2.24) is 20.1 Å². The molecule has 1 atom stereocenters. The van der Waals surface area contributed by atoms with Crippen LogP contribution in [0.4, 0.5) is 13.2 Å². The summed E-state index contributed by atoms with van der Waals surface area (Å²) in [5.74, 6) is -3.63. The molecule has 0 saturated carbocycles. The highest BCUT2D eigenvalue weighted by atomic mass is 19.3. The number of halogens is 3. The van der Waals surface area contributed by atoms with Crippen LogP contribution in [0.5, 0.6) is 0 Å². The molecular formula is C16H17F3N4O3. The number of nitrogens with one attached hydrogen (secondary N) is 1. The van der Waals surface area contributed by atoms with Crippen molar-refractivity contribution in [3.8, 4) is 5.69 Å². The van der Waals surface area contributed by atoms with Gasteiger partial charge >= 0.3 is 5.97 Å². The maximum absolute atomic E-state index is 14.0. The minimum Gasteiger partial charge on any atom is -0.480 e. The molecule has 0 bridgehead atoms. The molecule has 0 fully saturated rings. The first kappa shape index (κ1) is 19.4. The first-order chi connectivity index (χ1) is 12.2. The fraction of sp³-hybridized carbons (Fsp3) is 0.375. The average molecular weight is 370 g/mol. The van der Waals surface area contributed by atoms with Crippen LogP contribution < -0.4 is 5.32 Å². The van der Waals surface area contributed by atoms with Crippen LogP contribution in [0.15, 0.2) is 24.3 Å². The van der Waals surface area contributed by atoms with Crippen molar-refractivity contribution in [2.75, 3.05) is 0 Å². The largest absolute Gasteiger partial charge is 0.480 e. The Balaban J connectivity index is 2.36. The number of benzene rings is 1. The summed E-state index contributed by atoms with van der Waals surface area (Å²) in [6.45, 7) is 3.50. The maximum Gasteiger partial charge on any atom is 0.326 e. The predicted molar refractivity (Wildman–Crippen MR) is 84.9 cm³/mol. The molecule has 1 aromatic carbocycles. The number of para-hydroxylation sites is 1. The lowest BCUT2D eigenvalue weighted by Gasteiger charge is -2.12. The third kappa shape index (κ3) is 4.38. The van der Waals surface area contributed by atoms with E-state index in [1.165, 1.54) is 18.2 Å². The molecule has 0 saturated heterocycles. The Morgan fingerprint density at radius 2 is 1.92 bits per heavy atom. The number of aromatic nitrogens is 3. The number of aliphatic carboxylic acids is 1. The topological polar surface area (TPSA) is 97.1 Å². The molecule has 0 spiro atoms. The second-order valence-electron chi connectivity index (χ2n) is 5.80. The Bertz CT molecular complexity index is 808. The first-order valence-electron chi connectivity index (χ1n) is 7.74. The summed E-state index contributed by atoms with van der Waals surface area (Å²) in [6, 6.07) is 3.93. The van der Waals surface area contributed by atoms with Crippen LogP contribution >= 0.6 is 0 Å². The quantitative estimate of drug-likeness (QED) is 0.780. The van der Waals surface area contributed by atoms with Crippen LogP contribution in [-0.2, 0) is 4.79 Å². The molecule has 7 nitrogen and oxygen atoms in total. The van der Waals surface area contributed by atoms with E-state index >= 15 is 0 Å². The molecule has 140 valence electrons. The van der Waals surface area contributed by atoms with Crippen LogP contribution in [0, 0.1) is 5.82 Å². The number of amides is 1. The molecule has 1 unspecified atom stereocenters. The van der Waals surface area contributed by atoms with Crippen LogP contribution in [0.25, 0.3) is 5.69 Å². The summed E-state index contributed by atoms with van der Waals surface area (Å²) in [6.07, 6.45) is -3.96. The zero-order valence-electron chi connectivity index (χ0n) is 14.0. The number of carbonyl (C=O) groups excluding carboxylic acids is 1. The summed E-state index contributed by atoms with van der Waals surface area (Å²) in [7, 11) is 0. The van der Waals surface area contributed by atoms with E-state index < -0.39 is 42.4 Å². The van der Waals surface area contributed by atoms with Crippen molar-refractivity contribution in [2.24, 2.45) is 0 Å². The minimum absolute atomic E-state index is 0.0603. The van der Waals surface area contributed by atoms with Crippen molar-refractivity contribution in [3.05, 3.63) is 41.7 Å². The number of carboxylic acid groups (broad SMARTS) is 1. The number of carboxylic acids is 1. The Morgan fingerprint density at radius 3 is 2.46 bits per heavy atom. The van der Waals surface area contributed by atoms with E-state index in [2.05, 4.69) is 10.1 Å². The number of nitrogens with zero attached hydrogens (tertiary/aromatic N) is 3. The Kier molecular flexibility index (Phi) is 5.96. The van der Waals surface area contributed by atoms with Gasteiger partial charge in [0.15, 0.2) is 0 Å². The Morgan fingerprint density at radius 1 is 1.27 bits per heavy atom. The first-order valence-corrected chi connectivity index (χ1v) is 7.74. The van der Waals surface area contributed by atoms with Crippen LogP contribution in [0.1, 0.15) is 42.6 Å². The monoisotopic (exact) mass is 370 g/mol. The second-order valence-corrected chi connectivity index (χ2v) is 5.80. The average Bonchev–Trinajstić information content (AvgIpc) is 2.99. The summed E-state index contributed by atoms with van der Waals surface area (Å²) < 4.78 is 40.1. The summed E-state index contributed by atoms with van der Waals surface area (Å²) in [5, 5.41) is 14.8. The van der Waals surface area contributed by atoms with Gasteiger partial charge < -0.3 is 10.4 Å². The van der Waals surface area contributed by atoms with Gasteiger partial charge in [0.05, 0.1) is 0 Å². The number of carbonyl (C=O) groups is 2. The van der Waals surface area contributed by atoms with Gasteiger partial charge in [-0.15, -0.1) is 5.10 Å². The van der Waals surface area contributed by atoms with Crippen molar-refractivity contribution in [2.45, 2.75) is 38.7 Å². The molecule has 1 aromatic heterocycles.